The van der Waals surface area contributed by atoms with Crippen LogP contribution in [0.5, 0.6) is 17.2 Å². The number of amides is 2. The number of hydrogen-bond acceptors (Lipinski definition) is 4. The van der Waals surface area contributed by atoms with Crippen molar-refractivity contribution >= 4 is 6.03 Å². The van der Waals surface area contributed by atoms with Gasteiger partial charge in [-0.25, -0.2) is 4.79 Å². The highest BCUT2D eigenvalue weighted by Crippen LogP contribution is 2.32. The number of fused-ring (bicyclic) bond motifs is 1. The Hall–Kier alpha value is -2.89. The van der Waals surface area contributed by atoms with Crippen LogP contribution in [0.1, 0.15) is 30.5 Å². The van der Waals surface area contributed by atoms with E-state index in [2.05, 4.69) is 10.6 Å². The quantitative estimate of drug-likeness (QED) is 0.817. The molecule has 0 fully saturated rings. The Morgan fingerprint density at radius 1 is 1.11 bits per heavy atom. The van der Waals surface area contributed by atoms with Crippen LogP contribution in [-0.4, -0.2) is 32.9 Å². The fourth-order valence-electron chi connectivity index (χ4n) is 2.89. The summed E-state index contributed by atoms with van der Waals surface area (Å²) in [6.07, 6.45) is 1.63. The van der Waals surface area contributed by atoms with Crippen molar-refractivity contribution in [2.24, 2.45) is 0 Å². The lowest BCUT2D eigenvalue weighted by molar-refractivity contribution is 0.238. The molecule has 2 aromatic carbocycles. The van der Waals surface area contributed by atoms with Crippen LogP contribution >= 0.6 is 0 Å². The van der Waals surface area contributed by atoms with Crippen LogP contribution in [0.2, 0.25) is 0 Å². The third kappa shape index (κ3) is 5.29. The third-order valence-electron chi connectivity index (χ3n) is 4.48. The molecule has 0 aliphatic carbocycles. The molecule has 144 valence electrons. The molecule has 1 atom stereocenters. The number of hydrogen-bond donors (Lipinski definition) is 2. The van der Waals surface area contributed by atoms with Gasteiger partial charge in [-0.1, -0.05) is 18.2 Å². The van der Waals surface area contributed by atoms with Crippen LogP contribution in [-0.2, 0) is 6.42 Å². The first-order valence-electron chi connectivity index (χ1n) is 9.22. The van der Waals surface area contributed by atoms with Gasteiger partial charge >= 0.3 is 6.03 Å². The number of nitrogens with one attached hydrogen (secondary N) is 2. The monoisotopic (exact) mass is 370 g/mol. The average molecular weight is 370 g/mol. The van der Waals surface area contributed by atoms with Crippen LogP contribution < -0.4 is 24.8 Å². The Bertz CT molecular complexity index is 761. The number of rotatable bonds is 6. The molecule has 0 bridgehead atoms. The van der Waals surface area contributed by atoms with Gasteiger partial charge in [0.2, 0.25) is 0 Å². The lowest BCUT2D eigenvalue weighted by Crippen LogP contribution is -2.38. The molecule has 0 spiro atoms. The zero-order chi connectivity index (χ0) is 19.1. The molecule has 2 aromatic rings. The van der Waals surface area contributed by atoms with E-state index < -0.39 is 0 Å². The zero-order valence-corrected chi connectivity index (χ0v) is 15.8. The molecular formula is C21H26N2O4. The minimum Gasteiger partial charge on any atom is -0.497 e. The SMILES string of the molecule is COc1ccc(CCNC(=O)NC(C)c2ccc3c(c2)OCCCO3)cc1. The number of carbonyl (C=O) groups excluding carboxylic acids is 1. The molecule has 0 radical (unpaired) electrons. The van der Waals surface area contributed by atoms with Gasteiger partial charge < -0.3 is 24.8 Å². The molecule has 1 heterocycles. The summed E-state index contributed by atoms with van der Waals surface area (Å²) in [6, 6.07) is 13.3. The van der Waals surface area contributed by atoms with E-state index in [0.717, 1.165) is 41.2 Å². The average Bonchev–Trinajstić information content (AvgIpc) is 2.93. The number of benzene rings is 2. The predicted octanol–water partition coefficient (Wildman–Crippen LogP) is 3.46. The summed E-state index contributed by atoms with van der Waals surface area (Å²) in [4.78, 5) is 12.2. The maximum Gasteiger partial charge on any atom is 0.315 e. The minimum atomic E-state index is -0.192. The summed E-state index contributed by atoms with van der Waals surface area (Å²) < 4.78 is 16.5. The molecule has 0 saturated carbocycles. The first kappa shape index (κ1) is 18.9. The largest absolute Gasteiger partial charge is 0.497 e. The standard InChI is InChI=1S/C21H26N2O4/c1-15(17-6-9-19-20(14-17)27-13-3-12-26-19)23-21(24)22-11-10-16-4-7-18(25-2)8-5-16/h4-9,14-15H,3,10-13H2,1-2H3,(H2,22,23,24). The van der Waals surface area contributed by atoms with Gasteiger partial charge in [-0.05, 0) is 48.7 Å². The predicted molar refractivity (Wildman–Crippen MR) is 104 cm³/mol. The van der Waals surface area contributed by atoms with Crippen molar-refractivity contribution in [1.29, 1.82) is 0 Å². The van der Waals surface area contributed by atoms with E-state index in [1.165, 1.54) is 0 Å². The Morgan fingerprint density at radius 3 is 2.59 bits per heavy atom. The molecule has 2 amide bonds. The summed E-state index contributed by atoms with van der Waals surface area (Å²) in [7, 11) is 1.64. The van der Waals surface area contributed by atoms with E-state index in [1.807, 2.05) is 49.4 Å². The third-order valence-corrected chi connectivity index (χ3v) is 4.48. The molecule has 27 heavy (non-hydrogen) atoms. The van der Waals surface area contributed by atoms with E-state index in [-0.39, 0.29) is 12.1 Å². The van der Waals surface area contributed by atoms with Crippen molar-refractivity contribution in [3.63, 3.8) is 0 Å². The van der Waals surface area contributed by atoms with Gasteiger partial charge in [-0.15, -0.1) is 0 Å². The summed E-state index contributed by atoms with van der Waals surface area (Å²) >= 11 is 0. The van der Waals surface area contributed by atoms with Gasteiger partial charge in [0.25, 0.3) is 0 Å². The number of urea groups is 1. The van der Waals surface area contributed by atoms with E-state index in [1.54, 1.807) is 7.11 Å². The second-order valence-corrected chi connectivity index (χ2v) is 6.48. The molecule has 0 saturated heterocycles. The minimum absolute atomic E-state index is 0.136. The highest BCUT2D eigenvalue weighted by molar-refractivity contribution is 5.74. The Balaban J connectivity index is 1.47. The maximum atomic E-state index is 12.2. The molecule has 0 aromatic heterocycles. The number of ether oxygens (including phenoxy) is 3. The summed E-state index contributed by atoms with van der Waals surface area (Å²) in [5.41, 5.74) is 2.12. The van der Waals surface area contributed by atoms with Gasteiger partial charge in [0, 0.05) is 13.0 Å². The summed E-state index contributed by atoms with van der Waals surface area (Å²) in [5, 5.41) is 5.85. The van der Waals surface area contributed by atoms with Gasteiger partial charge in [-0.2, -0.15) is 0 Å². The van der Waals surface area contributed by atoms with Gasteiger partial charge in [0.15, 0.2) is 11.5 Å². The van der Waals surface area contributed by atoms with Gasteiger partial charge in [-0.3, -0.25) is 0 Å². The molecule has 1 unspecified atom stereocenters. The van der Waals surface area contributed by atoms with E-state index in [0.29, 0.717) is 19.8 Å². The summed E-state index contributed by atoms with van der Waals surface area (Å²) in [6.45, 7) is 3.81. The molecule has 6 nitrogen and oxygen atoms in total. The fraction of sp³-hybridized carbons (Fsp3) is 0.381. The van der Waals surface area contributed by atoms with Crippen molar-refractivity contribution in [2.45, 2.75) is 25.8 Å². The van der Waals surface area contributed by atoms with Gasteiger partial charge in [0.05, 0.1) is 26.4 Å². The smallest absolute Gasteiger partial charge is 0.315 e. The second-order valence-electron chi connectivity index (χ2n) is 6.48. The highest BCUT2D eigenvalue weighted by Gasteiger charge is 2.15. The van der Waals surface area contributed by atoms with Crippen LogP contribution in [0.15, 0.2) is 42.5 Å². The molecule has 1 aliphatic rings. The van der Waals surface area contributed by atoms with Crippen LogP contribution in [0.3, 0.4) is 0 Å². The van der Waals surface area contributed by atoms with E-state index >= 15 is 0 Å². The lowest BCUT2D eigenvalue weighted by atomic mass is 10.1. The topological polar surface area (TPSA) is 68.8 Å². The van der Waals surface area contributed by atoms with Crippen molar-refractivity contribution in [3.05, 3.63) is 53.6 Å². The van der Waals surface area contributed by atoms with Crippen molar-refractivity contribution in [2.75, 3.05) is 26.9 Å². The van der Waals surface area contributed by atoms with E-state index in [9.17, 15) is 4.79 Å². The first-order valence-corrected chi connectivity index (χ1v) is 9.22. The normalized spacial score (nSPS) is 14.0. The second kappa shape index (κ2) is 9.16. The van der Waals surface area contributed by atoms with Crippen molar-refractivity contribution in [1.82, 2.24) is 10.6 Å². The highest BCUT2D eigenvalue weighted by atomic mass is 16.5. The van der Waals surface area contributed by atoms with E-state index in [4.69, 9.17) is 14.2 Å². The van der Waals surface area contributed by atoms with Crippen molar-refractivity contribution in [3.8, 4) is 17.2 Å². The van der Waals surface area contributed by atoms with Crippen molar-refractivity contribution < 1.29 is 19.0 Å². The molecule has 3 rings (SSSR count). The Kier molecular flexibility index (Phi) is 6.41. The lowest BCUT2D eigenvalue weighted by Gasteiger charge is -2.17. The Labute approximate surface area is 159 Å². The summed E-state index contributed by atoms with van der Waals surface area (Å²) in [5.74, 6) is 2.32. The first-order chi connectivity index (χ1) is 13.2. The van der Waals surface area contributed by atoms with Crippen LogP contribution in [0, 0.1) is 0 Å². The zero-order valence-electron chi connectivity index (χ0n) is 15.8. The number of methoxy groups -OCH3 is 1. The van der Waals surface area contributed by atoms with Crippen LogP contribution in [0.25, 0.3) is 0 Å². The molecule has 2 N–H and O–H groups in total. The molecular weight excluding hydrogens is 344 g/mol. The molecule has 1 aliphatic heterocycles. The number of carbonyl (C=O) groups is 1. The van der Waals surface area contributed by atoms with Crippen LogP contribution in [0.4, 0.5) is 4.79 Å². The van der Waals surface area contributed by atoms with Gasteiger partial charge in [0.1, 0.15) is 5.75 Å². The Morgan fingerprint density at radius 2 is 1.85 bits per heavy atom. The molecule has 6 heteroatoms. The maximum absolute atomic E-state index is 12.2. The fourth-order valence-corrected chi connectivity index (χ4v) is 2.89.